The molecule has 2 heteroatoms. The maximum absolute atomic E-state index is 3.54. The first kappa shape index (κ1) is 14.3. The molecule has 100 valence electrons. The van der Waals surface area contributed by atoms with Gasteiger partial charge < -0.3 is 5.32 Å². The summed E-state index contributed by atoms with van der Waals surface area (Å²) in [6.07, 6.45) is 1.01. The molecular formula is C17H20BrN. The van der Waals surface area contributed by atoms with E-state index in [1.54, 1.807) is 0 Å². The molecule has 1 N–H and O–H groups in total. The molecular weight excluding hydrogens is 298 g/mol. The molecule has 2 rings (SSSR count). The van der Waals surface area contributed by atoms with Gasteiger partial charge in [-0.25, -0.2) is 0 Å². The summed E-state index contributed by atoms with van der Waals surface area (Å²) in [6.45, 7) is 4.33. The Kier molecular flexibility index (Phi) is 4.78. The molecule has 2 aromatic rings. The summed E-state index contributed by atoms with van der Waals surface area (Å²) in [6, 6.07) is 15.5. The monoisotopic (exact) mass is 317 g/mol. The molecule has 0 fully saturated rings. The third kappa shape index (κ3) is 3.68. The highest BCUT2D eigenvalue weighted by atomic mass is 79.9. The van der Waals surface area contributed by atoms with Crippen LogP contribution in [0.1, 0.15) is 28.3 Å². The van der Waals surface area contributed by atoms with Gasteiger partial charge in [0.05, 0.1) is 0 Å². The molecule has 1 unspecified atom stereocenters. The first-order valence-electron chi connectivity index (χ1n) is 6.59. The van der Waals surface area contributed by atoms with Crippen LogP contribution in [0.25, 0.3) is 0 Å². The van der Waals surface area contributed by atoms with Crippen LogP contribution >= 0.6 is 15.9 Å². The Morgan fingerprint density at radius 1 is 1.11 bits per heavy atom. The average Bonchev–Trinajstić information content (AvgIpc) is 2.39. The fraction of sp³-hybridized carbons (Fsp3) is 0.294. The number of rotatable bonds is 4. The fourth-order valence-corrected chi connectivity index (χ4v) is 2.77. The summed E-state index contributed by atoms with van der Waals surface area (Å²) in [4.78, 5) is 0. The number of aryl methyl sites for hydroxylation is 2. The number of halogens is 1. The third-order valence-corrected chi connectivity index (χ3v) is 4.02. The van der Waals surface area contributed by atoms with Crippen molar-refractivity contribution in [1.29, 1.82) is 0 Å². The topological polar surface area (TPSA) is 12.0 Å². The van der Waals surface area contributed by atoms with Gasteiger partial charge in [0.1, 0.15) is 0 Å². The van der Waals surface area contributed by atoms with Gasteiger partial charge in [0.25, 0.3) is 0 Å². The quantitative estimate of drug-likeness (QED) is 0.871. The number of benzene rings is 2. The van der Waals surface area contributed by atoms with Crippen molar-refractivity contribution in [2.45, 2.75) is 26.3 Å². The summed E-state index contributed by atoms with van der Waals surface area (Å²) in [5.41, 5.74) is 5.42. The summed E-state index contributed by atoms with van der Waals surface area (Å²) in [5, 5.41) is 3.42. The highest BCUT2D eigenvalue weighted by molar-refractivity contribution is 9.10. The summed E-state index contributed by atoms with van der Waals surface area (Å²) in [7, 11) is 2.02. The highest BCUT2D eigenvalue weighted by Crippen LogP contribution is 2.23. The predicted molar refractivity (Wildman–Crippen MR) is 85.6 cm³/mol. The van der Waals surface area contributed by atoms with Crippen LogP contribution in [-0.2, 0) is 6.42 Å². The lowest BCUT2D eigenvalue weighted by atomic mass is 9.95. The van der Waals surface area contributed by atoms with E-state index >= 15 is 0 Å². The van der Waals surface area contributed by atoms with Crippen LogP contribution in [0.15, 0.2) is 46.9 Å². The lowest BCUT2D eigenvalue weighted by Gasteiger charge is -2.18. The van der Waals surface area contributed by atoms with Crippen LogP contribution in [-0.4, -0.2) is 7.05 Å². The Hall–Kier alpha value is -1.12. The van der Waals surface area contributed by atoms with Crippen LogP contribution in [0.4, 0.5) is 0 Å². The minimum absolute atomic E-state index is 0.345. The highest BCUT2D eigenvalue weighted by Gasteiger charge is 2.11. The van der Waals surface area contributed by atoms with E-state index in [9.17, 15) is 0 Å². The van der Waals surface area contributed by atoms with Gasteiger partial charge in [-0.15, -0.1) is 0 Å². The molecule has 0 spiro atoms. The third-order valence-electron chi connectivity index (χ3n) is 3.53. The molecule has 0 aliphatic rings. The molecule has 2 aromatic carbocycles. The van der Waals surface area contributed by atoms with Gasteiger partial charge in [0.15, 0.2) is 0 Å². The SMILES string of the molecule is CNC(Cc1cc(C)ccc1C)c1cccc(Br)c1. The lowest BCUT2D eigenvalue weighted by molar-refractivity contribution is 0.590. The summed E-state index contributed by atoms with van der Waals surface area (Å²) in [5.74, 6) is 0. The molecule has 0 saturated carbocycles. The maximum atomic E-state index is 3.54. The zero-order valence-corrected chi connectivity index (χ0v) is 13.3. The predicted octanol–water partition coefficient (Wildman–Crippen LogP) is 4.57. The second-order valence-corrected chi connectivity index (χ2v) is 5.95. The van der Waals surface area contributed by atoms with Crippen molar-refractivity contribution in [3.63, 3.8) is 0 Å². The van der Waals surface area contributed by atoms with E-state index in [1.165, 1.54) is 22.3 Å². The molecule has 0 aliphatic carbocycles. The first-order chi connectivity index (χ1) is 9.10. The fourth-order valence-electron chi connectivity index (χ4n) is 2.35. The Bertz CT molecular complexity index is 563. The van der Waals surface area contributed by atoms with Crippen LogP contribution in [0.3, 0.4) is 0 Å². The van der Waals surface area contributed by atoms with Gasteiger partial charge in [-0.2, -0.15) is 0 Å². The van der Waals surface area contributed by atoms with Crippen LogP contribution in [0, 0.1) is 13.8 Å². The first-order valence-corrected chi connectivity index (χ1v) is 7.38. The van der Waals surface area contributed by atoms with E-state index < -0.39 is 0 Å². The molecule has 0 aromatic heterocycles. The molecule has 0 radical (unpaired) electrons. The molecule has 0 saturated heterocycles. The van der Waals surface area contributed by atoms with Crippen molar-refractivity contribution in [1.82, 2.24) is 5.32 Å². The normalized spacial score (nSPS) is 12.4. The number of likely N-dealkylation sites (N-methyl/N-ethyl adjacent to an activating group) is 1. The van der Waals surface area contributed by atoms with E-state index in [0.29, 0.717) is 6.04 Å². The van der Waals surface area contributed by atoms with Gasteiger partial charge in [-0.3, -0.25) is 0 Å². The Balaban J connectivity index is 2.26. The van der Waals surface area contributed by atoms with E-state index in [4.69, 9.17) is 0 Å². The molecule has 19 heavy (non-hydrogen) atoms. The van der Waals surface area contributed by atoms with Gasteiger partial charge >= 0.3 is 0 Å². The Morgan fingerprint density at radius 3 is 2.58 bits per heavy atom. The van der Waals surface area contributed by atoms with E-state index in [1.807, 2.05) is 7.05 Å². The second kappa shape index (κ2) is 6.36. The van der Waals surface area contributed by atoms with E-state index in [-0.39, 0.29) is 0 Å². The van der Waals surface area contributed by atoms with Crippen LogP contribution in [0.2, 0.25) is 0 Å². The van der Waals surface area contributed by atoms with Crippen molar-refractivity contribution in [2.24, 2.45) is 0 Å². The molecule has 0 amide bonds. The minimum Gasteiger partial charge on any atom is -0.313 e. The van der Waals surface area contributed by atoms with E-state index in [2.05, 4.69) is 77.6 Å². The van der Waals surface area contributed by atoms with Gasteiger partial charge in [-0.1, -0.05) is 51.8 Å². The van der Waals surface area contributed by atoms with Crippen molar-refractivity contribution < 1.29 is 0 Å². The zero-order chi connectivity index (χ0) is 13.8. The standard InChI is InChI=1S/C17H20BrN/c1-12-7-8-13(2)15(9-12)11-17(19-3)14-5-4-6-16(18)10-14/h4-10,17,19H,11H2,1-3H3. The maximum Gasteiger partial charge on any atom is 0.0358 e. The van der Waals surface area contributed by atoms with Crippen molar-refractivity contribution in [3.8, 4) is 0 Å². The Morgan fingerprint density at radius 2 is 1.89 bits per heavy atom. The molecule has 0 aliphatic heterocycles. The number of hydrogen-bond donors (Lipinski definition) is 1. The minimum atomic E-state index is 0.345. The Labute approximate surface area is 124 Å². The van der Waals surface area contributed by atoms with Crippen LogP contribution < -0.4 is 5.32 Å². The van der Waals surface area contributed by atoms with Crippen molar-refractivity contribution in [3.05, 3.63) is 69.2 Å². The summed E-state index contributed by atoms with van der Waals surface area (Å²) >= 11 is 3.54. The smallest absolute Gasteiger partial charge is 0.0358 e. The van der Waals surface area contributed by atoms with Crippen LogP contribution in [0.5, 0.6) is 0 Å². The van der Waals surface area contributed by atoms with Gasteiger partial charge in [0.2, 0.25) is 0 Å². The summed E-state index contributed by atoms with van der Waals surface area (Å²) < 4.78 is 1.13. The largest absolute Gasteiger partial charge is 0.313 e. The number of nitrogens with one attached hydrogen (secondary N) is 1. The average molecular weight is 318 g/mol. The molecule has 0 bridgehead atoms. The van der Waals surface area contributed by atoms with Gasteiger partial charge in [0, 0.05) is 10.5 Å². The van der Waals surface area contributed by atoms with Gasteiger partial charge in [-0.05, 0) is 56.1 Å². The second-order valence-electron chi connectivity index (χ2n) is 5.03. The molecule has 0 heterocycles. The lowest BCUT2D eigenvalue weighted by Crippen LogP contribution is -2.19. The molecule has 1 nitrogen and oxygen atoms in total. The number of hydrogen-bond acceptors (Lipinski definition) is 1. The van der Waals surface area contributed by atoms with Crippen molar-refractivity contribution in [2.75, 3.05) is 7.05 Å². The zero-order valence-electron chi connectivity index (χ0n) is 11.7. The van der Waals surface area contributed by atoms with E-state index in [0.717, 1.165) is 10.9 Å². The molecule has 1 atom stereocenters. The van der Waals surface area contributed by atoms with Crippen molar-refractivity contribution >= 4 is 15.9 Å².